The first-order valence-electron chi connectivity index (χ1n) is 8.58. The Kier molecular flexibility index (Phi) is 4.96. The van der Waals surface area contributed by atoms with Gasteiger partial charge in [-0.2, -0.15) is 4.98 Å². The summed E-state index contributed by atoms with van der Waals surface area (Å²) in [6.07, 6.45) is 0.436. The number of thiazole rings is 1. The van der Waals surface area contributed by atoms with E-state index in [4.69, 9.17) is 0 Å². The van der Waals surface area contributed by atoms with Crippen molar-refractivity contribution in [1.82, 2.24) is 19.3 Å². The summed E-state index contributed by atoms with van der Waals surface area (Å²) in [7, 11) is -3.57. The summed E-state index contributed by atoms with van der Waals surface area (Å²) in [5, 5.41) is 6.26. The number of benzene rings is 2. The zero-order valence-electron chi connectivity index (χ0n) is 15.0. The van der Waals surface area contributed by atoms with E-state index in [1.165, 1.54) is 17.4 Å². The number of fused-ring (bicyclic) bond motifs is 1. The van der Waals surface area contributed by atoms with Gasteiger partial charge in [0.05, 0.1) is 16.2 Å². The molecule has 4 rings (SSSR count). The number of hydrogen-bond donors (Lipinski definition) is 1. The zero-order chi connectivity index (χ0) is 19.7. The summed E-state index contributed by atoms with van der Waals surface area (Å²) < 4.78 is 43.0. The van der Waals surface area contributed by atoms with Crippen molar-refractivity contribution in [3.05, 3.63) is 71.0 Å². The lowest BCUT2D eigenvalue weighted by atomic mass is 10.2. The summed E-state index contributed by atoms with van der Waals surface area (Å²) in [4.78, 5) is 5.24. The Labute approximate surface area is 165 Å². The van der Waals surface area contributed by atoms with Crippen LogP contribution in [0, 0.1) is 12.7 Å². The number of aryl methyl sites for hydroxylation is 1. The van der Waals surface area contributed by atoms with Gasteiger partial charge in [0.2, 0.25) is 15.0 Å². The van der Waals surface area contributed by atoms with E-state index in [0.29, 0.717) is 22.8 Å². The average Bonchev–Trinajstić information content (AvgIpc) is 3.24. The van der Waals surface area contributed by atoms with Crippen molar-refractivity contribution in [3.63, 3.8) is 0 Å². The maximum Gasteiger partial charge on any atom is 0.240 e. The predicted octanol–water partition coefficient (Wildman–Crippen LogP) is 3.43. The van der Waals surface area contributed by atoms with Gasteiger partial charge in [-0.25, -0.2) is 22.0 Å². The monoisotopic (exact) mass is 416 g/mol. The molecule has 2 aromatic carbocycles. The number of halogens is 1. The lowest BCUT2D eigenvalue weighted by Crippen LogP contribution is -2.26. The van der Waals surface area contributed by atoms with Crippen LogP contribution >= 0.6 is 11.3 Å². The molecule has 0 fully saturated rings. The molecular weight excluding hydrogens is 399 g/mol. The summed E-state index contributed by atoms with van der Waals surface area (Å²) >= 11 is 1.38. The van der Waals surface area contributed by atoms with Gasteiger partial charge in [-0.15, -0.1) is 16.4 Å². The van der Waals surface area contributed by atoms with Crippen LogP contribution in [0.15, 0.2) is 58.8 Å². The fourth-order valence-electron chi connectivity index (χ4n) is 2.77. The quantitative estimate of drug-likeness (QED) is 0.523. The Balaban J connectivity index is 1.50. The van der Waals surface area contributed by atoms with E-state index in [0.717, 1.165) is 11.3 Å². The number of hydrogen-bond acceptors (Lipinski definition) is 5. The molecule has 4 aromatic rings. The summed E-state index contributed by atoms with van der Waals surface area (Å²) in [6.45, 7) is 2.12. The van der Waals surface area contributed by atoms with Gasteiger partial charge < -0.3 is 0 Å². The van der Waals surface area contributed by atoms with E-state index in [1.54, 1.807) is 47.0 Å². The molecule has 2 heterocycles. The number of sulfonamides is 1. The molecule has 1 N–H and O–H groups in total. The molecule has 6 nitrogen and oxygen atoms in total. The van der Waals surface area contributed by atoms with Crippen molar-refractivity contribution in [2.75, 3.05) is 6.54 Å². The van der Waals surface area contributed by atoms with E-state index in [2.05, 4.69) is 14.8 Å². The van der Waals surface area contributed by atoms with Crippen LogP contribution in [0.4, 0.5) is 4.39 Å². The normalized spacial score (nSPS) is 11.9. The SMILES string of the molecule is Cc1ccc(S(=O)(=O)NCCc2csc3nc(-c4ccccc4F)nn23)cc1. The van der Waals surface area contributed by atoms with Crippen molar-refractivity contribution in [3.8, 4) is 11.4 Å². The first kappa shape index (κ1) is 18.7. The molecule has 0 aliphatic heterocycles. The largest absolute Gasteiger partial charge is 0.240 e. The molecule has 0 atom stereocenters. The lowest BCUT2D eigenvalue weighted by molar-refractivity contribution is 0.581. The summed E-state index contributed by atoms with van der Waals surface area (Å²) in [5.74, 6) is -0.0698. The number of aromatic nitrogens is 3. The van der Waals surface area contributed by atoms with Crippen LogP contribution < -0.4 is 4.72 Å². The minimum Gasteiger partial charge on any atom is -0.211 e. The number of rotatable bonds is 6. The molecule has 9 heteroatoms. The van der Waals surface area contributed by atoms with Crippen molar-refractivity contribution >= 4 is 26.3 Å². The zero-order valence-corrected chi connectivity index (χ0v) is 16.6. The summed E-state index contributed by atoms with van der Waals surface area (Å²) in [5.41, 5.74) is 2.14. The van der Waals surface area contributed by atoms with Crippen LogP contribution in [0.25, 0.3) is 16.3 Å². The van der Waals surface area contributed by atoms with E-state index >= 15 is 0 Å². The van der Waals surface area contributed by atoms with Crippen molar-refractivity contribution in [2.45, 2.75) is 18.2 Å². The third-order valence-corrected chi connectivity index (χ3v) is 6.61. The van der Waals surface area contributed by atoms with Crippen molar-refractivity contribution in [1.29, 1.82) is 0 Å². The topological polar surface area (TPSA) is 76.4 Å². The Morgan fingerprint density at radius 3 is 2.64 bits per heavy atom. The molecule has 0 saturated carbocycles. The molecular formula is C19H17FN4O2S2. The highest BCUT2D eigenvalue weighted by Gasteiger charge is 2.16. The van der Waals surface area contributed by atoms with Crippen LogP contribution in [0.5, 0.6) is 0 Å². The van der Waals surface area contributed by atoms with Gasteiger partial charge in [0.1, 0.15) is 5.82 Å². The molecule has 0 unspecified atom stereocenters. The molecule has 28 heavy (non-hydrogen) atoms. The minimum absolute atomic E-state index is 0.219. The molecule has 144 valence electrons. The smallest absolute Gasteiger partial charge is 0.211 e. The van der Waals surface area contributed by atoms with Crippen LogP contribution in [0.3, 0.4) is 0 Å². The molecule has 0 saturated heterocycles. The van der Waals surface area contributed by atoms with Gasteiger partial charge in [-0.1, -0.05) is 29.8 Å². The van der Waals surface area contributed by atoms with E-state index in [9.17, 15) is 12.8 Å². The van der Waals surface area contributed by atoms with Gasteiger partial charge in [-0.3, -0.25) is 0 Å². The second kappa shape index (κ2) is 7.42. The highest BCUT2D eigenvalue weighted by atomic mass is 32.2. The first-order chi connectivity index (χ1) is 13.4. The van der Waals surface area contributed by atoms with Crippen molar-refractivity contribution < 1.29 is 12.8 Å². The minimum atomic E-state index is -3.57. The van der Waals surface area contributed by atoms with Gasteiger partial charge in [0.15, 0.2) is 5.82 Å². The van der Waals surface area contributed by atoms with E-state index < -0.39 is 10.0 Å². The van der Waals surface area contributed by atoms with Gasteiger partial charge in [0, 0.05) is 18.3 Å². The number of nitrogens with one attached hydrogen (secondary N) is 1. The van der Waals surface area contributed by atoms with Crippen LogP contribution in [-0.2, 0) is 16.4 Å². The fraction of sp³-hybridized carbons (Fsp3) is 0.158. The predicted molar refractivity (Wildman–Crippen MR) is 106 cm³/mol. The Bertz CT molecular complexity index is 1230. The van der Waals surface area contributed by atoms with Gasteiger partial charge >= 0.3 is 0 Å². The highest BCUT2D eigenvalue weighted by molar-refractivity contribution is 7.89. The van der Waals surface area contributed by atoms with E-state index in [1.807, 2.05) is 12.3 Å². The van der Waals surface area contributed by atoms with Crippen LogP contribution in [0.1, 0.15) is 11.3 Å². The van der Waals surface area contributed by atoms with Gasteiger partial charge in [-0.05, 0) is 31.2 Å². The third-order valence-electron chi connectivity index (χ3n) is 4.27. The molecule has 0 amide bonds. The first-order valence-corrected chi connectivity index (χ1v) is 10.9. The third kappa shape index (κ3) is 3.68. The maximum atomic E-state index is 14.0. The molecule has 0 bridgehead atoms. The molecule has 0 aliphatic carbocycles. The van der Waals surface area contributed by atoms with Crippen LogP contribution in [-0.4, -0.2) is 29.6 Å². The van der Waals surface area contributed by atoms with E-state index in [-0.39, 0.29) is 17.3 Å². The second-order valence-electron chi connectivity index (χ2n) is 6.30. The second-order valence-corrected chi connectivity index (χ2v) is 8.90. The van der Waals surface area contributed by atoms with Gasteiger partial charge in [0.25, 0.3) is 0 Å². The number of nitrogens with zero attached hydrogens (tertiary/aromatic N) is 3. The Hall–Kier alpha value is -2.62. The lowest BCUT2D eigenvalue weighted by Gasteiger charge is -2.06. The maximum absolute atomic E-state index is 14.0. The highest BCUT2D eigenvalue weighted by Crippen LogP contribution is 2.23. The van der Waals surface area contributed by atoms with Crippen molar-refractivity contribution in [2.24, 2.45) is 0 Å². The Morgan fingerprint density at radius 2 is 1.89 bits per heavy atom. The fourth-order valence-corrected chi connectivity index (χ4v) is 4.66. The molecule has 2 aromatic heterocycles. The Morgan fingerprint density at radius 1 is 1.14 bits per heavy atom. The molecule has 0 spiro atoms. The van der Waals surface area contributed by atoms with Crippen LogP contribution in [0.2, 0.25) is 0 Å². The molecule has 0 aliphatic rings. The molecule has 0 radical (unpaired) electrons. The standard InChI is InChI=1S/C19H17FN4O2S2/c1-13-6-8-15(9-7-13)28(25,26)21-11-10-14-12-27-19-22-18(23-24(14)19)16-4-2-3-5-17(16)20/h2-9,12,21H,10-11H2,1H3. The summed E-state index contributed by atoms with van der Waals surface area (Å²) in [6, 6.07) is 13.0. The average molecular weight is 417 g/mol.